The normalized spacial score (nSPS) is 13.6. The van der Waals surface area contributed by atoms with E-state index in [9.17, 15) is 0 Å². The van der Waals surface area contributed by atoms with Crippen molar-refractivity contribution >= 4 is 22.8 Å². The second-order valence-corrected chi connectivity index (χ2v) is 5.14. The van der Waals surface area contributed by atoms with Gasteiger partial charge >= 0.3 is 0 Å². The molecule has 5 N–H and O–H groups in total. The Morgan fingerprint density at radius 3 is 2.29 bits per heavy atom. The van der Waals surface area contributed by atoms with Crippen LogP contribution in [0.15, 0.2) is 42.6 Å². The third kappa shape index (κ3) is 2.45. The molecule has 0 radical (unpaired) electrons. The Balaban J connectivity index is 1.80. The number of hydrogen-bond donors (Lipinski definition) is 3. The molecular formula is C16H18N4O. The van der Waals surface area contributed by atoms with Crippen LogP contribution in [0.25, 0.3) is 5.76 Å². The van der Waals surface area contributed by atoms with Gasteiger partial charge in [0.1, 0.15) is 0 Å². The third-order valence-corrected chi connectivity index (χ3v) is 3.54. The predicted molar refractivity (Wildman–Crippen MR) is 85.9 cm³/mol. The van der Waals surface area contributed by atoms with Crippen LogP contribution < -0.4 is 22.1 Å². The summed E-state index contributed by atoms with van der Waals surface area (Å²) in [4.78, 5) is 5.82. The highest BCUT2D eigenvalue weighted by atomic mass is 16.7. The molecule has 1 heterocycles. The second kappa shape index (κ2) is 4.94. The summed E-state index contributed by atoms with van der Waals surface area (Å²) in [5.74, 6) is 0.743. The Morgan fingerprint density at radius 1 is 0.952 bits per heavy atom. The monoisotopic (exact) mass is 282 g/mol. The fourth-order valence-electron chi connectivity index (χ4n) is 2.15. The summed E-state index contributed by atoms with van der Waals surface area (Å²) in [6, 6.07) is 11.5. The molecule has 5 heteroatoms. The first-order valence-electron chi connectivity index (χ1n) is 6.71. The van der Waals surface area contributed by atoms with E-state index in [-0.39, 0.29) is 0 Å². The summed E-state index contributed by atoms with van der Waals surface area (Å²) in [6.07, 6.45) is 1.82. The van der Waals surface area contributed by atoms with Crippen LogP contribution in [0.3, 0.4) is 0 Å². The number of hydrogen-bond acceptors (Lipinski definition) is 5. The summed E-state index contributed by atoms with van der Waals surface area (Å²) in [5.41, 5.74) is 20.2. The Kier molecular flexibility index (Phi) is 3.10. The van der Waals surface area contributed by atoms with Gasteiger partial charge < -0.3 is 16.3 Å². The quantitative estimate of drug-likeness (QED) is 0.738. The number of nitrogens with one attached hydrogen (secondary N) is 1. The van der Waals surface area contributed by atoms with Gasteiger partial charge in [-0.05, 0) is 61.4 Å². The second-order valence-electron chi connectivity index (χ2n) is 5.14. The van der Waals surface area contributed by atoms with Crippen LogP contribution in [0.4, 0.5) is 17.1 Å². The molecule has 0 fully saturated rings. The molecular weight excluding hydrogens is 264 g/mol. The van der Waals surface area contributed by atoms with Gasteiger partial charge in [0.2, 0.25) is 0 Å². The first kappa shape index (κ1) is 13.2. The van der Waals surface area contributed by atoms with E-state index >= 15 is 0 Å². The highest BCUT2D eigenvalue weighted by molar-refractivity contribution is 5.67. The van der Waals surface area contributed by atoms with E-state index in [4.69, 9.17) is 16.3 Å². The molecule has 0 atom stereocenters. The lowest BCUT2D eigenvalue weighted by Gasteiger charge is -2.19. The Hall–Kier alpha value is -2.82. The lowest BCUT2D eigenvalue weighted by Crippen LogP contribution is -2.28. The van der Waals surface area contributed by atoms with Crippen molar-refractivity contribution in [1.82, 2.24) is 5.43 Å². The van der Waals surface area contributed by atoms with Gasteiger partial charge in [0.15, 0.2) is 5.76 Å². The molecule has 0 bridgehead atoms. The fraction of sp³-hybridized carbons (Fsp3) is 0.125. The van der Waals surface area contributed by atoms with Gasteiger partial charge in [0.05, 0.1) is 11.9 Å². The number of nitrogen functional groups attached to an aromatic ring is 2. The zero-order chi connectivity index (χ0) is 15.0. The molecule has 0 amide bonds. The van der Waals surface area contributed by atoms with E-state index in [0.29, 0.717) is 0 Å². The highest BCUT2D eigenvalue weighted by Crippen LogP contribution is 2.28. The number of nitrogens with zero attached hydrogens (tertiary/aromatic N) is 1. The SMILES string of the molecule is Cc1cc(C2=CNN(c3ccc(N)c(C)c3)O2)ccc1N. The van der Waals surface area contributed by atoms with Crippen molar-refractivity contribution < 1.29 is 4.84 Å². The van der Waals surface area contributed by atoms with E-state index in [0.717, 1.165) is 39.5 Å². The maximum Gasteiger partial charge on any atom is 0.182 e. The minimum absolute atomic E-state index is 0.743. The summed E-state index contributed by atoms with van der Waals surface area (Å²) < 4.78 is 0. The van der Waals surface area contributed by atoms with Crippen molar-refractivity contribution in [2.45, 2.75) is 13.8 Å². The third-order valence-electron chi connectivity index (χ3n) is 3.54. The van der Waals surface area contributed by atoms with Crippen molar-refractivity contribution in [3.63, 3.8) is 0 Å². The molecule has 1 aliphatic heterocycles. The van der Waals surface area contributed by atoms with Gasteiger partial charge in [0.25, 0.3) is 0 Å². The maximum atomic E-state index is 5.84. The lowest BCUT2D eigenvalue weighted by atomic mass is 10.1. The zero-order valence-electron chi connectivity index (χ0n) is 12.1. The molecule has 0 aliphatic carbocycles. The standard InChI is InChI=1S/C16H18N4O/c1-10-7-12(3-5-14(10)17)16-9-19-20(21-16)13-4-6-15(18)11(2)8-13/h3-9,19H,17-18H2,1-2H3. The number of hydrazine groups is 1. The molecule has 1 aliphatic rings. The topological polar surface area (TPSA) is 76.5 Å². The van der Waals surface area contributed by atoms with Gasteiger partial charge in [-0.15, -0.1) is 5.17 Å². The molecule has 2 aromatic rings. The highest BCUT2D eigenvalue weighted by Gasteiger charge is 2.18. The first-order chi connectivity index (χ1) is 10.0. The van der Waals surface area contributed by atoms with Crippen molar-refractivity contribution in [2.24, 2.45) is 0 Å². The lowest BCUT2D eigenvalue weighted by molar-refractivity contribution is 0.243. The molecule has 0 saturated heterocycles. The number of benzene rings is 2. The average Bonchev–Trinajstić information content (AvgIpc) is 2.94. The van der Waals surface area contributed by atoms with Crippen molar-refractivity contribution in [1.29, 1.82) is 0 Å². The van der Waals surface area contributed by atoms with E-state index < -0.39 is 0 Å². The van der Waals surface area contributed by atoms with Crippen LogP contribution in [0.5, 0.6) is 0 Å². The molecule has 2 aromatic carbocycles. The van der Waals surface area contributed by atoms with E-state index in [2.05, 4.69) is 5.43 Å². The minimum atomic E-state index is 0.743. The smallest absolute Gasteiger partial charge is 0.182 e. The summed E-state index contributed by atoms with van der Waals surface area (Å²) in [5, 5.41) is 1.60. The molecule has 3 rings (SSSR count). The molecule has 0 unspecified atom stereocenters. The van der Waals surface area contributed by atoms with Crippen LogP contribution in [-0.2, 0) is 4.84 Å². The van der Waals surface area contributed by atoms with Crippen LogP contribution in [-0.4, -0.2) is 0 Å². The zero-order valence-corrected chi connectivity index (χ0v) is 12.1. The largest absolute Gasteiger partial charge is 0.399 e. The first-order valence-corrected chi connectivity index (χ1v) is 6.71. The van der Waals surface area contributed by atoms with Crippen molar-refractivity contribution in [3.05, 3.63) is 59.3 Å². The molecule has 0 aromatic heterocycles. The number of anilines is 3. The van der Waals surface area contributed by atoms with E-state index in [1.165, 1.54) is 0 Å². The average molecular weight is 282 g/mol. The maximum absolute atomic E-state index is 5.84. The van der Waals surface area contributed by atoms with E-state index in [1.807, 2.05) is 56.4 Å². The van der Waals surface area contributed by atoms with Gasteiger partial charge in [0, 0.05) is 16.9 Å². The summed E-state index contributed by atoms with van der Waals surface area (Å²) in [7, 11) is 0. The number of rotatable bonds is 2. The molecule has 21 heavy (non-hydrogen) atoms. The molecule has 0 saturated carbocycles. The van der Waals surface area contributed by atoms with Crippen LogP contribution in [0, 0.1) is 13.8 Å². The summed E-state index contributed by atoms with van der Waals surface area (Å²) in [6.45, 7) is 3.94. The van der Waals surface area contributed by atoms with Gasteiger partial charge in [-0.3, -0.25) is 5.43 Å². The fourth-order valence-corrected chi connectivity index (χ4v) is 2.15. The predicted octanol–water partition coefficient (Wildman–Crippen LogP) is 2.72. The van der Waals surface area contributed by atoms with Crippen molar-refractivity contribution in [3.8, 4) is 0 Å². The Morgan fingerprint density at radius 2 is 1.62 bits per heavy atom. The van der Waals surface area contributed by atoms with Gasteiger partial charge in [-0.1, -0.05) is 0 Å². The molecule has 0 spiro atoms. The van der Waals surface area contributed by atoms with Gasteiger partial charge in [-0.2, -0.15) is 0 Å². The van der Waals surface area contributed by atoms with Gasteiger partial charge in [-0.25, -0.2) is 0 Å². The van der Waals surface area contributed by atoms with Crippen LogP contribution in [0.2, 0.25) is 0 Å². The van der Waals surface area contributed by atoms with E-state index in [1.54, 1.807) is 5.17 Å². The Bertz CT molecular complexity index is 724. The van der Waals surface area contributed by atoms with Crippen LogP contribution in [0.1, 0.15) is 16.7 Å². The Labute approximate surface area is 123 Å². The van der Waals surface area contributed by atoms with Crippen LogP contribution >= 0.6 is 0 Å². The molecule has 108 valence electrons. The van der Waals surface area contributed by atoms with Crippen molar-refractivity contribution in [2.75, 3.05) is 16.6 Å². The molecule has 5 nitrogen and oxygen atoms in total. The minimum Gasteiger partial charge on any atom is -0.399 e. The number of aryl methyl sites for hydroxylation is 2. The number of nitrogens with two attached hydrogens (primary N) is 2. The summed E-state index contributed by atoms with van der Waals surface area (Å²) >= 11 is 0.